The quantitative estimate of drug-likeness (QED) is 0.739. The van der Waals surface area contributed by atoms with Crippen LogP contribution in [-0.2, 0) is 0 Å². The molecule has 0 N–H and O–H groups in total. The largest absolute Gasteiger partial charge is 0.357 e. The van der Waals surface area contributed by atoms with E-state index in [0.717, 1.165) is 52.1 Å². The molecule has 4 nitrogen and oxygen atoms in total. The lowest BCUT2D eigenvalue weighted by Crippen LogP contribution is -2.40. The van der Waals surface area contributed by atoms with Crippen LogP contribution in [0.25, 0.3) is 0 Å². The topological polar surface area (TPSA) is 35.9 Å². The van der Waals surface area contributed by atoms with Crippen molar-refractivity contribution in [3.63, 3.8) is 0 Å². The Morgan fingerprint density at radius 2 is 1.81 bits per heavy atom. The molecule has 0 bridgehead atoms. The second kappa shape index (κ2) is 8.34. The van der Waals surface area contributed by atoms with Crippen molar-refractivity contribution >= 4 is 11.5 Å². The molecule has 1 aromatic carbocycles. The zero-order valence-electron chi connectivity index (χ0n) is 15.9. The smallest absolute Gasteiger partial charge is 0.166 e. The first-order valence-corrected chi connectivity index (χ1v) is 10.2. The zero-order valence-corrected chi connectivity index (χ0v) is 15.9. The number of likely N-dealkylation sites (tertiary alicyclic amines) is 1. The van der Waals surface area contributed by atoms with E-state index in [1.807, 2.05) is 0 Å². The Bertz CT molecular complexity index is 732. The van der Waals surface area contributed by atoms with Crippen LogP contribution in [0, 0.1) is 11.7 Å². The first-order chi connectivity index (χ1) is 13.2. The Morgan fingerprint density at radius 1 is 1.07 bits per heavy atom. The fraction of sp³-hybridized carbons (Fsp3) is 0.545. The van der Waals surface area contributed by atoms with E-state index >= 15 is 0 Å². The van der Waals surface area contributed by atoms with E-state index in [1.54, 1.807) is 12.1 Å². The molecule has 3 aliphatic rings. The molecule has 1 aliphatic carbocycles. The summed E-state index contributed by atoms with van der Waals surface area (Å²) in [6.45, 7) is 4.72. The molecule has 1 aromatic rings. The molecule has 27 heavy (non-hydrogen) atoms. The molecule has 2 aliphatic heterocycles. The average Bonchev–Trinajstić information content (AvgIpc) is 2.72. The molecule has 0 unspecified atom stereocenters. The monoisotopic (exact) mass is 369 g/mol. The molecule has 0 aromatic heterocycles. The summed E-state index contributed by atoms with van der Waals surface area (Å²) in [6.07, 6.45) is 8.99. The number of Topliss-reactive ketones (excluding diaryl/α,β-unsaturated/α-hetero) is 1. The van der Waals surface area contributed by atoms with Gasteiger partial charge in [-0.15, -0.1) is 0 Å². The van der Waals surface area contributed by atoms with Crippen molar-refractivity contribution in [1.82, 2.24) is 9.80 Å². The summed E-state index contributed by atoms with van der Waals surface area (Å²) >= 11 is 0. The second-order valence-electron chi connectivity index (χ2n) is 7.91. The minimum Gasteiger partial charge on any atom is -0.357 e. The van der Waals surface area contributed by atoms with Crippen LogP contribution in [0.5, 0.6) is 0 Å². The van der Waals surface area contributed by atoms with Gasteiger partial charge in [-0.3, -0.25) is 9.79 Å². The zero-order chi connectivity index (χ0) is 18.6. The Morgan fingerprint density at radius 3 is 2.59 bits per heavy atom. The van der Waals surface area contributed by atoms with Crippen LogP contribution >= 0.6 is 0 Å². The van der Waals surface area contributed by atoms with Gasteiger partial charge in [-0.05, 0) is 81.5 Å². The van der Waals surface area contributed by atoms with Gasteiger partial charge in [0.1, 0.15) is 12.5 Å². The molecule has 0 spiro atoms. The number of nitrogens with zero attached hydrogens (tertiary/aromatic N) is 3. The highest BCUT2D eigenvalue weighted by Gasteiger charge is 2.26. The number of fused-ring (bicyclic) bond motifs is 1. The van der Waals surface area contributed by atoms with Gasteiger partial charge in [-0.1, -0.05) is 0 Å². The number of rotatable bonds is 5. The number of piperidine rings is 1. The summed E-state index contributed by atoms with van der Waals surface area (Å²) in [5, 5.41) is 0. The van der Waals surface area contributed by atoms with E-state index in [0.29, 0.717) is 5.56 Å². The Labute approximate surface area is 160 Å². The van der Waals surface area contributed by atoms with Gasteiger partial charge in [0.15, 0.2) is 5.78 Å². The van der Waals surface area contributed by atoms with Gasteiger partial charge in [0.25, 0.3) is 0 Å². The van der Waals surface area contributed by atoms with Gasteiger partial charge in [-0.2, -0.15) is 0 Å². The Kier molecular flexibility index (Phi) is 5.67. The minimum atomic E-state index is -0.293. The molecule has 1 saturated carbocycles. The molecular weight excluding hydrogens is 341 g/mol. The van der Waals surface area contributed by atoms with E-state index < -0.39 is 0 Å². The molecule has 144 valence electrons. The van der Waals surface area contributed by atoms with Crippen LogP contribution in [0.2, 0.25) is 0 Å². The average molecular weight is 369 g/mol. The van der Waals surface area contributed by atoms with Crippen LogP contribution in [0.1, 0.15) is 48.9 Å². The first kappa shape index (κ1) is 18.4. The summed E-state index contributed by atoms with van der Waals surface area (Å²) < 4.78 is 13.0. The maximum atomic E-state index is 13.0. The summed E-state index contributed by atoms with van der Waals surface area (Å²) in [4.78, 5) is 22.1. The van der Waals surface area contributed by atoms with Crippen LogP contribution in [0.15, 0.2) is 41.0 Å². The van der Waals surface area contributed by atoms with Gasteiger partial charge in [-0.25, -0.2) is 4.39 Å². The van der Waals surface area contributed by atoms with Crippen molar-refractivity contribution in [1.29, 1.82) is 0 Å². The third-order valence-electron chi connectivity index (χ3n) is 6.05. The van der Waals surface area contributed by atoms with Crippen LogP contribution < -0.4 is 0 Å². The standard InChI is InChI=1S/C22H28FN3O/c23-20-7-5-17(6-8-20)22(27)18-9-11-25(12-10-18)13-14-26-15-19-3-1-2-4-21(19)24-16-26/h5-8,15,18H,1-4,9-14,16H2. The molecule has 0 atom stereocenters. The summed E-state index contributed by atoms with van der Waals surface area (Å²) in [7, 11) is 0. The number of benzene rings is 1. The van der Waals surface area contributed by atoms with Gasteiger partial charge < -0.3 is 9.80 Å². The van der Waals surface area contributed by atoms with E-state index in [1.165, 1.54) is 42.7 Å². The molecule has 2 fully saturated rings. The number of carbonyl (C=O) groups is 1. The van der Waals surface area contributed by atoms with Crippen molar-refractivity contribution in [2.75, 3.05) is 32.8 Å². The first-order valence-electron chi connectivity index (χ1n) is 10.2. The van der Waals surface area contributed by atoms with Crippen molar-refractivity contribution in [2.24, 2.45) is 10.9 Å². The van der Waals surface area contributed by atoms with Crippen molar-refractivity contribution in [3.05, 3.63) is 47.4 Å². The Hall–Kier alpha value is -2.01. The number of hydrogen-bond acceptors (Lipinski definition) is 4. The summed E-state index contributed by atoms with van der Waals surface area (Å²) in [5.74, 6) is -0.0634. The molecule has 4 rings (SSSR count). The van der Waals surface area contributed by atoms with Crippen molar-refractivity contribution in [2.45, 2.75) is 38.5 Å². The Balaban J connectivity index is 1.23. The third-order valence-corrected chi connectivity index (χ3v) is 6.05. The van der Waals surface area contributed by atoms with E-state index in [9.17, 15) is 9.18 Å². The van der Waals surface area contributed by atoms with Gasteiger partial charge in [0.2, 0.25) is 0 Å². The van der Waals surface area contributed by atoms with Gasteiger partial charge in [0.05, 0.1) is 0 Å². The van der Waals surface area contributed by atoms with Crippen molar-refractivity contribution < 1.29 is 9.18 Å². The lowest BCUT2D eigenvalue weighted by atomic mass is 9.89. The SMILES string of the molecule is O=C(c1ccc(F)cc1)C1CCN(CCN2C=C3CCCCC3=NC2)CC1. The van der Waals surface area contributed by atoms with Gasteiger partial charge >= 0.3 is 0 Å². The van der Waals surface area contributed by atoms with E-state index in [2.05, 4.69) is 16.0 Å². The van der Waals surface area contributed by atoms with Crippen LogP contribution in [0.3, 0.4) is 0 Å². The fourth-order valence-electron chi connectivity index (χ4n) is 4.34. The summed E-state index contributed by atoms with van der Waals surface area (Å²) in [6, 6.07) is 5.95. The number of aliphatic imine (C=N–C) groups is 1. The number of halogens is 1. The summed E-state index contributed by atoms with van der Waals surface area (Å²) in [5.41, 5.74) is 3.41. The lowest BCUT2D eigenvalue weighted by Gasteiger charge is -2.34. The maximum Gasteiger partial charge on any atom is 0.166 e. The molecule has 0 amide bonds. The number of allylic oxidation sites excluding steroid dienone is 1. The van der Waals surface area contributed by atoms with Crippen LogP contribution in [-0.4, -0.2) is 54.1 Å². The minimum absolute atomic E-state index is 0.0678. The highest BCUT2D eigenvalue weighted by Crippen LogP contribution is 2.25. The van der Waals surface area contributed by atoms with Gasteiger partial charge in [0, 0.05) is 36.5 Å². The number of hydrogen-bond donors (Lipinski definition) is 0. The van der Waals surface area contributed by atoms with Crippen LogP contribution in [0.4, 0.5) is 4.39 Å². The molecule has 5 heteroatoms. The maximum absolute atomic E-state index is 13.0. The third kappa shape index (κ3) is 4.46. The highest BCUT2D eigenvalue weighted by molar-refractivity contribution is 6.01. The number of carbonyl (C=O) groups excluding carboxylic acids is 1. The predicted molar refractivity (Wildman–Crippen MR) is 105 cm³/mol. The number of ketones is 1. The van der Waals surface area contributed by atoms with E-state index in [-0.39, 0.29) is 17.5 Å². The highest BCUT2D eigenvalue weighted by atomic mass is 19.1. The molecule has 1 saturated heterocycles. The fourth-order valence-corrected chi connectivity index (χ4v) is 4.34. The molecular formula is C22H28FN3O. The second-order valence-corrected chi connectivity index (χ2v) is 7.91. The van der Waals surface area contributed by atoms with E-state index in [4.69, 9.17) is 4.99 Å². The molecule has 0 radical (unpaired) electrons. The predicted octanol–water partition coefficient (Wildman–Crippen LogP) is 3.89. The normalized spacial score (nSPS) is 21.4. The lowest BCUT2D eigenvalue weighted by molar-refractivity contribution is 0.0834. The van der Waals surface area contributed by atoms with Crippen molar-refractivity contribution in [3.8, 4) is 0 Å². The molecule has 2 heterocycles.